The fourth-order valence-electron chi connectivity index (χ4n) is 2.36. The average Bonchev–Trinajstić information content (AvgIpc) is 2.65. The van der Waals surface area contributed by atoms with Gasteiger partial charge in [0, 0.05) is 20.1 Å². The Balaban J connectivity index is 2.36. The van der Waals surface area contributed by atoms with Crippen molar-refractivity contribution in [2.75, 3.05) is 30.4 Å². The SMILES string of the molecule is CNc1nc(N2CCCCCC2)nc(C)c1[N+](=O)[O-]. The highest BCUT2D eigenvalue weighted by molar-refractivity contribution is 5.60. The third-order valence-electron chi connectivity index (χ3n) is 3.35. The van der Waals surface area contributed by atoms with Gasteiger partial charge in [-0.25, -0.2) is 4.98 Å². The summed E-state index contributed by atoms with van der Waals surface area (Å²) in [6, 6.07) is 0. The minimum Gasteiger partial charge on any atom is -0.367 e. The lowest BCUT2D eigenvalue weighted by Crippen LogP contribution is -2.26. The summed E-state index contributed by atoms with van der Waals surface area (Å²) in [5, 5.41) is 13.8. The maximum Gasteiger partial charge on any atom is 0.332 e. The van der Waals surface area contributed by atoms with Crippen LogP contribution in [0.5, 0.6) is 0 Å². The summed E-state index contributed by atoms with van der Waals surface area (Å²) in [6.07, 6.45) is 4.69. The maximum absolute atomic E-state index is 11.0. The highest BCUT2D eigenvalue weighted by Gasteiger charge is 2.23. The van der Waals surface area contributed by atoms with Crippen LogP contribution in [-0.4, -0.2) is 35.0 Å². The van der Waals surface area contributed by atoms with Crippen molar-refractivity contribution in [3.63, 3.8) is 0 Å². The van der Waals surface area contributed by atoms with E-state index in [1.165, 1.54) is 12.8 Å². The van der Waals surface area contributed by atoms with Gasteiger partial charge in [-0.2, -0.15) is 4.98 Å². The first-order chi connectivity index (χ1) is 9.13. The molecule has 2 heterocycles. The minimum absolute atomic E-state index is 0.0407. The van der Waals surface area contributed by atoms with E-state index in [1.54, 1.807) is 14.0 Å². The van der Waals surface area contributed by atoms with Crippen molar-refractivity contribution < 1.29 is 4.92 Å². The van der Waals surface area contributed by atoms with Crippen LogP contribution in [0.15, 0.2) is 0 Å². The first-order valence-corrected chi connectivity index (χ1v) is 6.59. The molecule has 1 saturated heterocycles. The molecule has 7 nitrogen and oxygen atoms in total. The molecule has 0 spiro atoms. The molecule has 2 rings (SSSR count). The van der Waals surface area contributed by atoms with Gasteiger partial charge >= 0.3 is 5.69 Å². The van der Waals surface area contributed by atoms with Gasteiger partial charge in [0.25, 0.3) is 0 Å². The van der Waals surface area contributed by atoms with E-state index in [0.717, 1.165) is 25.9 Å². The Morgan fingerprint density at radius 1 is 1.21 bits per heavy atom. The van der Waals surface area contributed by atoms with Crippen LogP contribution in [0.25, 0.3) is 0 Å². The van der Waals surface area contributed by atoms with Crippen molar-refractivity contribution >= 4 is 17.5 Å². The van der Waals surface area contributed by atoms with Gasteiger partial charge in [0.15, 0.2) is 0 Å². The normalized spacial score (nSPS) is 16.0. The highest BCUT2D eigenvalue weighted by atomic mass is 16.6. The Bertz CT molecular complexity index is 469. The third kappa shape index (κ3) is 2.91. The zero-order chi connectivity index (χ0) is 13.8. The van der Waals surface area contributed by atoms with Gasteiger partial charge in [0.05, 0.1) is 4.92 Å². The monoisotopic (exact) mass is 265 g/mol. The van der Waals surface area contributed by atoms with Crippen molar-refractivity contribution in [3.05, 3.63) is 15.8 Å². The molecule has 0 amide bonds. The van der Waals surface area contributed by atoms with Crippen molar-refractivity contribution in [3.8, 4) is 0 Å². The molecule has 0 saturated carbocycles. The molecular formula is C12H19N5O2. The molecule has 104 valence electrons. The van der Waals surface area contributed by atoms with Crippen LogP contribution in [0.4, 0.5) is 17.5 Å². The number of aromatic nitrogens is 2. The number of rotatable bonds is 3. The molecule has 1 fully saturated rings. The molecule has 1 aromatic heterocycles. The standard InChI is InChI=1S/C12H19N5O2/c1-9-10(17(18)19)11(13-2)15-12(14-9)16-7-5-3-4-6-8-16/h3-8H2,1-2H3,(H,13,14,15). The molecule has 0 atom stereocenters. The Labute approximate surface area is 112 Å². The second kappa shape index (κ2) is 5.81. The van der Waals surface area contributed by atoms with Gasteiger partial charge in [-0.05, 0) is 19.8 Å². The Morgan fingerprint density at radius 2 is 1.84 bits per heavy atom. The van der Waals surface area contributed by atoms with E-state index in [1.807, 2.05) is 0 Å². The molecule has 0 bridgehead atoms. The summed E-state index contributed by atoms with van der Waals surface area (Å²) in [5.41, 5.74) is 0.365. The van der Waals surface area contributed by atoms with Gasteiger partial charge in [0.1, 0.15) is 5.69 Å². The molecule has 7 heteroatoms. The predicted molar refractivity (Wildman–Crippen MR) is 73.7 cm³/mol. The minimum atomic E-state index is -0.437. The average molecular weight is 265 g/mol. The smallest absolute Gasteiger partial charge is 0.332 e. The molecular weight excluding hydrogens is 246 g/mol. The summed E-state index contributed by atoms with van der Waals surface area (Å²) in [6.45, 7) is 3.49. The second-order valence-electron chi connectivity index (χ2n) is 4.71. The van der Waals surface area contributed by atoms with Crippen molar-refractivity contribution in [1.82, 2.24) is 9.97 Å². The van der Waals surface area contributed by atoms with E-state index in [0.29, 0.717) is 11.6 Å². The summed E-state index contributed by atoms with van der Waals surface area (Å²) in [4.78, 5) is 21.3. The van der Waals surface area contributed by atoms with Crippen LogP contribution < -0.4 is 10.2 Å². The van der Waals surface area contributed by atoms with Crippen molar-refractivity contribution in [2.45, 2.75) is 32.6 Å². The molecule has 19 heavy (non-hydrogen) atoms. The van der Waals surface area contributed by atoms with Crippen LogP contribution in [0.1, 0.15) is 31.4 Å². The highest BCUT2D eigenvalue weighted by Crippen LogP contribution is 2.28. The summed E-state index contributed by atoms with van der Waals surface area (Å²) in [5.74, 6) is 0.881. The lowest BCUT2D eigenvalue weighted by Gasteiger charge is -2.21. The molecule has 0 aliphatic carbocycles. The number of hydrogen-bond acceptors (Lipinski definition) is 6. The topological polar surface area (TPSA) is 84.2 Å². The van der Waals surface area contributed by atoms with Gasteiger partial charge in [-0.15, -0.1) is 0 Å². The molecule has 1 N–H and O–H groups in total. The lowest BCUT2D eigenvalue weighted by atomic mass is 10.2. The zero-order valence-corrected chi connectivity index (χ0v) is 11.3. The number of nitrogens with one attached hydrogen (secondary N) is 1. The third-order valence-corrected chi connectivity index (χ3v) is 3.35. The zero-order valence-electron chi connectivity index (χ0n) is 11.3. The summed E-state index contributed by atoms with van der Waals surface area (Å²) in [7, 11) is 1.64. The molecule has 1 aliphatic rings. The van der Waals surface area contributed by atoms with Crippen molar-refractivity contribution in [1.29, 1.82) is 0 Å². The molecule has 1 aliphatic heterocycles. The van der Waals surface area contributed by atoms with Crippen LogP contribution in [0, 0.1) is 17.0 Å². The van der Waals surface area contributed by atoms with Crippen LogP contribution in [0.2, 0.25) is 0 Å². The van der Waals surface area contributed by atoms with Crippen LogP contribution in [-0.2, 0) is 0 Å². The fraction of sp³-hybridized carbons (Fsp3) is 0.667. The molecule has 0 unspecified atom stereocenters. The van der Waals surface area contributed by atoms with E-state index in [4.69, 9.17) is 0 Å². The Morgan fingerprint density at radius 3 is 2.37 bits per heavy atom. The molecule has 1 aromatic rings. The number of nitro groups is 1. The number of anilines is 2. The maximum atomic E-state index is 11.0. The van der Waals surface area contributed by atoms with E-state index in [9.17, 15) is 10.1 Å². The van der Waals surface area contributed by atoms with Gasteiger partial charge in [-0.1, -0.05) is 12.8 Å². The van der Waals surface area contributed by atoms with Gasteiger partial charge in [-0.3, -0.25) is 10.1 Å². The largest absolute Gasteiger partial charge is 0.367 e. The predicted octanol–water partition coefficient (Wildman–Crippen LogP) is 2.12. The first kappa shape index (κ1) is 13.5. The first-order valence-electron chi connectivity index (χ1n) is 6.59. The second-order valence-corrected chi connectivity index (χ2v) is 4.71. The van der Waals surface area contributed by atoms with Crippen LogP contribution in [0.3, 0.4) is 0 Å². The van der Waals surface area contributed by atoms with Gasteiger partial charge in [0.2, 0.25) is 11.8 Å². The lowest BCUT2D eigenvalue weighted by molar-refractivity contribution is -0.385. The number of aryl methyl sites for hydroxylation is 1. The summed E-state index contributed by atoms with van der Waals surface area (Å²) >= 11 is 0. The van der Waals surface area contributed by atoms with Gasteiger partial charge < -0.3 is 10.2 Å². The molecule has 0 aromatic carbocycles. The fourth-order valence-corrected chi connectivity index (χ4v) is 2.36. The van der Waals surface area contributed by atoms with E-state index in [2.05, 4.69) is 20.2 Å². The number of hydrogen-bond donors (Lipinski definition) is 1. The van der Waals surface area contributed by atoms with E-state index < -0.39 is 4.92 Å². The van der Waals surface area contributed by atoms with E-state index >= 15 is 0 Å². The van der Waals surface area contributed by atoms with Crippen molar-refractivity contribution in [2.24, 2.45) is 0 Å². The quantitative estimate of drug-likeness (QED) is 0.665. The Hall–Kier alpha value is -1.92. The Kier molecular flexibility index (Phi) is 4.13. The van der Waals surface area contributed by atoms with E-state index in [-0.39, 0.29) is 11.5 Å². The van der Waals surface area contributed by atoms with Crippen LogP contribution >= 0.6 is 0 Å². The number of nitrogens with zero attached hydrogens (tertiary/aromatic N) is 4. The molecule has 0 radical (unpaired) electrons. The summed E-state index contributed by atoms with van der Waals surface area (Å²) < 4.78 is 0.